The Morgan fingerprint density at radius 2 is 1.63 bits per heavy atom. The van der Waals surface area contributed by atoms with Gasteiger partial charge in [-0.25, -0.2) is 17.2 Å². The molecule has 208 valence electrons. The fourth-order valence-electron chi connectivity index (χ4n) is 4.42. The smallest absolute Gasteiger partial charge is 0.347 e. The number of fused-ring (bicyclic) bond motifs is 1. The summed E-state index contributed by atoms with van der Waals surface area (Å²) in [5.41, 5.74) is -1.93. The van der Waals surface area contributed by atoms with Crippen LogP contribution in [0.15, 0.2) is 48.7 Å². The molecule has 1 aromatic heterocycles. The molecule has 4 nitrogen and oxygen atoms in total. The van der Waals surface area contributed by atoms with Crippen molar-refractivity contribution in [1.82, 2.24) is 9.29 Å². The van der Waals surface area contributed by atoms with Crippen LogP contribution in [0.25, 0.3) is 22.0 Å². The average molecular weight is 569 g/mol. The second-order valence-electron chi connectivity index (χ2n) is 10.6. The Morgan fingerprint density at radius 3 is 2.16 bits per heavy atom. The summed E-state index contributed by atoms with van der Waals surface area (Å²) in [5, 5.41) is -2.34. The molecule has 1 heterocycles. The quantitative estimate of drug-likeness (QED) is 0.317. The van der Waals surface area contributed by atoms with Crippen molar-refractivity contribution in [2.24, 2.45) is 5.41 Å². The lowest BCUT2D eigenvalue weighted by atomic mass is 9.96. The van der Waals surface area contributed by atoms with Crippen molar-refractivity contribution >= 4 is 20.9 Å². The highest BCUT2D eigenvalue weighted by molar-refractivity contribution is 7.90. The summed E-state index contributed by atoms with van der Waals surface area (Å²) in [4.78, 5) is 0. The van der Waals surface area contributed by atoms with E-state index in [-0.39, 0.29) is 28.6 Å². The molecule has 1 saturated carbocycles. The summed E-state index contributed by atoms with van der Waals surface area (Å²) >= 11 is 0. The Bertz CT molecular complexity index is 1470. The molecule has 13 heteroatoms. The number of rotatable bonds is 6. The third-order valence-corrected chi connectivity index (χ3v) is 7.99. The van der Waals surface area contributed by atoms with Crippen molar-refractivity contribution < 1.29 is 43.5 Å². The normalized spacial score (nSPS) is 19.1. The maximum Gasteiger partial charge on any atom is 0.417 e. The Labute approximate surface area is 213 Å². The molecule has 0 amide bonds. The van der Waals surface area contributed by atoms with Crippen LogP contribution in [0.1, 0.15) is 44.4 Å². The van der Waals surface area contributed by atoms with Crippen LogP contribution < -0.4 is 4.72 Å². The number of halogens is 8. The Kier molecular flexibility index (Phi) is 6.66. The van der Waals surface area contributed by atoms with Crippen LogP contribution in [0, 0.1) is 5.41 Å². The average Bonchev–Trinajstić information content (AvgIpc) is 3.29. The monoisotopic (exact) mass is 568 g/mol. The van der Waals surface area contributed by atoms with Gasteiger partial charge in [-0.15, -0.1) is 0 Å². The second-order valence-corrected chi connectivity index (χ2v) is 12.5. The highest BCUT2D eigenvalue weighted by Gasteiger charge is 2.65. The van der Waals surface area contributed by atoms with E-state index in [0.717, 1.165) is 12.3 Å². The number of nitrogens with one attached hydrogen (secondary N) is 1. The van der Waals surface area contributed by atoms with E-state index in [2.05, 4.69) is 0 Å². The van der Waals surface area contributed by atoms with E-state index in [9.17, 15) is 43.5 Å². The van der Waals surface area contributed by atoms with Crippen LogP contribution in [0.4, 0.5) is 35.1 Å². The van der Waals surface area contributed by atoms with Crippen molar-refractivity contribution in [3.8, 4) is 11.1 Å². The fraction of sp³-hybridized carbons (Fsp3) is 0.440. The van der Waals surface area contributed by atoms with Gasteiger partial charge in [-0.05, 0) is 28.7 Å². The number of hydrogen-bond donors (Lipinski definition) is 1. The summed E-state index contributed by atoms with van der Waals surface area (Å²) in [5.74, 6) is -3.62. The third kappa shape index (κ3) is 5.68. The fourth-order valence-corrected chi connectivity index (χ4v) is 6.07. The van der Waals surface area contributed by atoms with Crippen LogP contribution in [0.3, 0.4) is 0 Å². The molecule has 1 aliphatic carbocycles. The number of hydrogen-bond acceptors (Lipinski definition) is 2. The van der Waals surface area contributed by atoms with Crippen molar-refractivity contribution in [3.63, 3.8) is 0 Å². The van der Waals surface area contributed by atoms with Gasteiger partial charge in [0.05, 0.1) is 5.56 Å². The summed E-state index contributed by atoms with van der Waals surface area (Å²) < 4.78 is 138. The van der Waals surface area contributed by atoms with Crippen LogP contribution in [0.2, 0.25) is 0 Å². The molecule has 0 saturated heterocycles. The largest absolute Gasteiger partial charge is 0.417 e. The molecule has 2 aromatic carbocycles. The molecule has 1 fully saturated rings. The lowest BCUT2D eigenvalue weighted by Crippen LogP contribution is -2.40. The number of nitrogens with zero attached hydrogens (tertiary/aromatic N) is 1. The molecule has 4 rings (SSSR count). The first-order valence-corrected chi connectivity index (χ1v) is 13.0. The first-order chi connectivity index (χ1) is 17.2. The van der Waals surface area contributed by atoms with Crippen molar-refractivity contribution in [1.29, 1.82) is 0 Å². The first-order valence-electron chi connectivity index (χ1n) is 11.5. The summed E-state index contributed by atoms with van der Waals surface area (Å²) in [6.07, 6.45) is -9.89. The van der Waals surface area contributed by atoms with E-state index >= 15 is 0 Å². The van der Waals surface area contributed by atoms with Crippen molar-refractivity contribution in [2.45, 2.75) is 63.3 Å². The maximum absolute atomic E-state index is 14.2. The third-order valence-electron chi connectivity index (χ3n) is 6.16. The van der Waals surface area contributed by atoms with E-state index in [1.807, 2.05) is 0 Å². The van der Waals surface area contributed by atoms with Crippen molar-refractivity contribution in [3.05, 3.63) is 59.8 Å². The molecule has 0 spiro atoms. The van der Waals surface area contributed by atoms with E-state index < -0.39 is 62.6 Å². The van der Waals surface area contributed by atoms with Gasteiger partial charge in [0.1, 0.15) is 11.3 Å². The number of sulfonamides is 1. The minimum atomic E-state index is -5.19. The summed E-state index contributed by atoms with van der Waals surface area (Å²) in [6.45, 7) is 5.51. The van der Waals surface area contributed by atoms with Gasteiger partial charge in [-0.2, -0.15) is 31.1 Å². The van der Waals surface area contributed by atoms with Crippen molar-refractivity contribution in [2.75, 3.05) is 0 Å². The molecule has 0 aliphatic heterocycles. The summed E-state index contributed by atoms with van der Waals surface area (Å²) in [7, 11) is -5.05. The predicted molar refractivity (Wildman–Crippen MR) is 126 cm³/mol. The molecule has 1 unspecified atom stereocenters. The molecule has 1 N–H and O–H groups in total. The van der Waals surface area contributed by atoms with Gasteiger partial charge >= 0.3 is 12.4 Å². The predicted octanol–water partition coefficient (Wildman–Crippen LogP) is 7.30. The van der Waals surface area contributed by atoms with Gasteiger partial charge in [0, 0.05) is 35.6 Å². The molecule has 0 bridgehead atoms. The molecular formula is C25H24F8N2O2S. The zero-order valence-corrected chi connectivity index (χ0v) is 21.2. The Hall–Kier alpha value is -2.67. The zero-order valence-electron chi connectivity index (χ0n) is 20.4. The van der Waals surface area contributed by atoms with Crippen LogP contribution >= 0.6 is 0 Å². The van der Waals surface area contributed by atoms with Crippen LogP contribution in [-0.4, -0.2) is 30.3 Å². The highest BCUT2D eigenvalue weighted by Crippen LogP contribution is 2.48. The summed E-state index contributed by atoms with van der Waals surface area (Å²) in [6, 6.07) is 5.61. The minimum absolute atomic E-state index is 0.0740. The van der Waals surface area contributed by atoms with E-state index in [1.165, 1.54) is 45.7 Å². The molecule has 1 aliphatic rings. The van der Waals surface area contributed by atoms with E-state index in [1.54, 1.807) is 20.8 Å². The lowest BCUT2D eigenvalue weighted by Gasteiger charge is -2.22. The minimum Gasteiger partial charge on any atom is -0.347 e. The van der Waals surface area contributed by atoms with E-state index in [0.29, 0.717) is 0 Å². The van der Waals surface area contributed by atoms with Crippen LogP contribution in [-0.2, 0) is 22.7 Å². The first kappa shape index (κ1) is 28.3. The molecule has 2 atom stereocenters. The highest BCUT2D eigenvalue weighted by atomic mass is 32.2. The molecule has 0 radical (unpaired) electrons. The SMILES string of the molecule is CC(C)(C)Cn1cc([C@H](NS(=O)(=O)C2CC2(F)F)C(F)(F)F)c2ccc(-c3ccccc3C(F)(F)F)cc21. The number of aromatic nitrogens is 1. The maximum atomic E-state index is 14.2. The van der Waals surface area contributed by atoms with Gasteiger partial charge in [-0.3, -0.25) is 0 Å². The van der Waals surface area contributed by atoms with Gasteiger partial charge in [0.2, 0.25) is 10.0 Å². The molecule has 3 aromatic rings. The van der Waals surface area contributed by atoms with Gasteiger partial charge < -0.3 is 4.57 Å². The number of benzene rings is 2. The van der Waals surface area contributed by atoms with Crippen LogP contribution in [0.5, 0.6) is 0 Å². The molecular weight excluding hydrogens is 544 g/mol. The van der Waals surface area contributed by atoms with E-state index in [4.69, 9.17) is 0 Å². The Morgan fingerprint density at radius 1 is 1.03 bits per heavy atom. The Balaban J connectivity index is 1.90. The van der Waals surface area contributed by atoms with Gasteiger partial charge in [0.15, 0.2) is 0 Å². The number of alkyl halides is 8. The van der Waals surface area contributed by atoms with Gasteiger partial charge in [0.25, 0.3) is 5.92 Å². The zero-order chi connectivity index (χ0) is 28.5. The molecule has 38 heavy (non-hydrogen) atoms. The topological polar surface area (TPSA) is 51.1 Å². The second kappa shape index (κ2) is 8.94. The lowest BCUT2D eigenvalue weighted by molar-refractivity contribution is -0.152. The standard InChI is InChI=1S/C25H24F8N2O2S/c1-22(2,3)13-35-12-17(21(25(31,32)33)34-38(36,37)20-11-23(20,26)27)16-9-8-14(10-19(16)35)15-6-4-5-7-18(15)24(28,29)30/h4-10,12,20-21,34H,11,13H2,1-3H3/t20?,21-/m0/s1. The van der Waals surface area contributed by atoms with Gasteiger partial charge in [-0.1, -0.05) is 51.1 Å².